The summed E-state index contributed by atoms with van der Waals surface area (Å²) in [6.45, 7) is 7.18. The molecule has 2 aliphatic heterocycles. The SMILES string of the molecule is Cc1cnc(C2CCN(C(=O)c3ccc([C@@]4(C)NC(=O)NC4=O)cc3)CC2)c(C)c1. The molecule has 156 valence electrons. The number of carbonyl (C=O) groups is 3. The molecule has 1 aromatic heterocycles. The first-order valence-electron chi connectivity index (χ1n) is 10.2. The van der Waals surface area contributed by atoms with E-state index >= 15 is 0 Å². The molecule has 2 N–H and O–H groups in total. The molecule has 4 amide bonds. The lowest BCUT2D eigenvalue weighted by Crippen LogP contribution is -2.40. The molecule has 0 spiro atoms. The predicted octanol–water partition coefficient (Wildman–Crippen LogP) is 2.77. The Balaban J connectivity index is 1.42. The molecule has 0 bridgehead atoms. The third-order valence-corrected chi connectivity index (χ3v) is 6.18. The van der Waals surface area contributed by atoms with Crippen LogP contribution in [0.4, 0.5) is 4.79 Å². The van der Waals surface area contributed by atoms with Gasteiger partial charge in [-0.3, -0.25) is 19.9 Å². The minimum atomic E-state index is -1.12. The highest BCUT2D eigenvalue weighted by Gasteiger charge is 2.43. The second-order valence-electron chi connectivity index (χ2n) is 8.39. The van der Waals surface area contributed by atoms with Crippen LogP contribution in [0.1, 0.15) is 58.4 Å². The quantitative estimate of drug-likeness (QED) is 0.767. The van der Waals surface area contributed by atoms with Gasteiger partial charge in [0, 0.05) is 36.5 Å². The number of hydrogen-bond acceptors (Lipinski definition) is 4. The van der Waals surface area contributed by atoms with Crippen molar-refractivity contribution < 1.29 is 14.4 Å². The number of rotatable bonds is 3. The fourth-order valence-corrected chi connectivity index (χ4v) is 4.38. The van der Waals surface area contributed by atoms with Gasteiger partial charge in [0.25, 0.3) is 11.8 Å². The molecule has 2 aliphatic rings. The fourth-order valence-electron chi connectivity index (χ4n) is 4.38. The Kier molecular flexibility index (Phi) is 5.05. The van der Waals surface area contributed by atoms with Gasteiger partial charge in [-0.05, 0) is 62.4 Å². The number of benzene rings is 1. The third kappa shape index (κ3) is 3.56. The first kappa shape index (κ1) is 20.1. The summed E-state index contributed by atoms with van der Waals surface area (Å²) in [5, 5.41) is 4.89. The first-order valence-corrected chi connectivity index (χ1v) is 10.2. The molecule has 2 aromatic rings. The van der Waals surface area contributed by atoms with Crippen LogP contribution < -0.4 is 10.6 Å². The van der Waals surface area contributed by atoms with E-state index in [2.05, 4.69) is 28.6 Å². The van der Waals surface area contributed by atoms with Crippen LogP contribution in [-0.4, -0.2) is 40.8 Å². The van der Waals surface area contributed by atoms with Crippen molar-refractivity contribution in [3.63, 3.8) is 0 Å². The Morgan fingerprint density at radius 3 is 2.37 bits per heavy atom. The van der Waals surface area contributed by atoms with Gasteiger partial charge in [-0.2, -0.15) is 0 Å². The van der Waals surface area contributed by atoms with Gasteiger partial charge in [0.2, 0.25) is 0 Å². The summed E-state index contributed by atoms with van der Waals surface area (Å²) in [6.07, 6.45) is 3.70. The second-order valence-corrected chi connectivity index (χ2v) is 8.39. The van der Waals surface area contributed by atoms with E-state index in [4.69, 9.17) is 0 Å². The lowest BCUT2D eigenvalue weighted by atomic mass is 9.89. The van der Waals surface area contributed by atoms with E-state index in [9.17, 15) is 14.4 Å². The van der Waals surface area contributed by atoms with Crippen LogP contribution in [0.25, 0.3) is 0 Å². The number of piperidine rings is 1. The summed E-state index contributed by atoms with van der Waals surface area (Å²) in [5.74, 6) is -0.0335. The van der Waals surface area contributed by atoms with Gasteiger partial charge in [0.1, 0.15) is 5.54 Å². The van der Waals surface area contributed by atoms with Gasteiger partial charge in [-0.25, -0.2) is 4.79 Å². The van der Waals surface area contributed by atoms with Gasteiger partial charge in [0.15, 0.2) is 0 Å². The zero-order valence-corrected chi connectivity index (χ0v) is 17.5. The third-order valence-electron chi connectivity index (χ3n) is 6.18. The van der Waals surface area contributed by atoms with Crippen molar-refractivity contribution in [1.29, 1.82) is 0 Å². The molecule has 2 fully saturated rings. The van der Waals surface area contributed by atoms with Crippen LogP contribution in [0.2, 0.25) is 0 Å². The van der Waals surface area contributed by atoms with Crippen molar-refractivity contribution >= 4 is 17.8 Å². The molecule has 1 atom stereocenters. The Morgan fingerprint density at radius 1 is 1.13 bits per heavy atom. The van der Waals surface area contributed by atoms with E-state index in [1.807, 2.05) is 18.0 Å². The largest absolute Gasteiger partial charge is 0.339 e. The number of carbonyl (C=O) groups excluding carboxylic acids is 3. The highest BCUT2D eigenvalue weighted by molar-refractivity contribution is 6.07. The molecular weight excluding hydrogens is 380 g/mol. The van der Waals surface area contributed by atoms with Crippen LogP contribution in [0.15, 0.2) is 36.5 Å². The van der Waals surface area contributed by atoms with Gasteiger partial charge in [-0.1, -0.05) is 18.2 Å². The van der Waals surface area contributed by atoms with Crippen LogP contribution in [0.5, 0.6) is 0 Å². The minimum absolute atomic E-state index is 0.0151. The number of imide groups is 1. The van der Waals surface area contributed by atoms with Crippen molar-refractivity contribution in [3.8, 4) is 0 Å². The van der Waals surface area contributed by atoms with Crippen molar-refractivity contribution in [1.82, 2.24) is 20.5 Å². The maximum Gasteiger partial charge on any atom is 0.322 e. The number of pyridine rings is 1. The first-order chi connectivity index (χ1) is 14.3. The molecular formula is C23H26N4O3. The summed E-state index contributed by atoms with van der Waals surface area (Å²) >= 11 is 0. The standard InChI is InChI=1S/C23H26N4O3/c1-14-12-15(2)19(24-13-14)16-8-10-27(11-9-16)20(28)17-4-6-18(7-5-17)23(3)21(29)25-22(30)26-23/h4-7,12-13,16H,8-11H2,1-3H3,(H2,25,26,29,30)/t23-/m1/s1. The maximum absolute atomic E-state index is 12.9. The summed E-state index contributed by atoms with van der Waals surface area (Å²) in [4.78, 5) is 43.0. The molecule has 0 radical (unpaired) electrons. The highest BCUT2D eigenvalue weighted by atomic mass is 16.2. The number of aryl methyl sites for hydroxylation is 2. The lowest BCUT2D eigenvalue weighted by Gasteiger charge is -2.32. The maximum atomic E-state index is 12.9. The molecule has 2 saturated heterocycles. The Bertz CT molecular complexity index is 1010. The monoisotopic (exact) mass is 406 g/mol. The molecule has 4 rings (SSSR count). The number of hydrogen-bond donors (Lipinski definition) is 2. The van der Waals surface area contributed by atoms with Gasteiger partial charge in [-0.15, -0.1) is 0 Å². The van der Waals surface area contributed by atoms with Crippen LogP contribution in [0.3, 0.4) is 0 Å². The van der Waals surface area contributed by atoms with Gasteiger partial charge < -0.3 is 10.2 Å². The zero-order chi connectivity index (χ0) is 21.5. The number of nitrogens with zero attached hydrogens (tertiary/aromatic N) is 2. The Labute approximate surface area is 175 Å². The van der Waals surface area contributed by atoms with E-state index in [1.54, 1.807) is 31.2 Å². The van der Waals surface area contributed by atoms with E-state index < -0.39 is 17.5 Å². The zero-order valence-electron chi connectivity index (χ0n) is 17.5. The van der Waals surface area contributed by atoms with Gasteiger partial charge >= 0.3 is 6.03 Å². The van der Waals surface area contributed by atoms with Crippen molar-refractivity contribution in [3.05, 3.63) is 64.5 Å². The predicted molar refractivity (Wildman–Crippen MR) is 112 cm³/mol. The minimum Gasteiger partial charge on any atom is -0.339 e. The number of urea groups is 1. The topological polar surface area (TPSA) is 91.4 Å². The molecule has 3 heterocycles. The number of likely N-dealkylation sites (tertiary alicyclic amines) is 1. The van der Waals surface area contributed by atoms with E-state index in [0.717, 1.165) is 24.1 Å². The molecule has 1 aromatic carbocycles. The number of amides is 4. The summed E-state index contributed by atoms with van der Waals surface area (Å²) in [6, 6.07) is 8.55. The van der Waals surface area contributed by atoms with Crippen LogP contribution in [0, 0.1) is 13.8 Å². The van der Waals surface area contributed by atoms with E-state index in [0.29, 0.717) is 30.1 Å². The van der Waals surface area contributed by atoms with E-state index in [-0.39, 0.29) is 5.91 Å². The average Bonchev–Trinajstić information content (AvgIpc) is 3.00. The van der Waals surface area contributed by atoms with Gasteiger partial charge in [0.05, 0.1) is 0 Å². The van der Waals surface area contributed by atoms with Crippen molar-refractivity contribution in [2.45, 2.75) is 45.1 Å². The number of nitrogens with one attached hydrogen (secondary N) is 2. The molecule has 0 aliphatic carbocycles. The summed E-state index contributed by atoms with van der Waals surface area (Å²) < 4.78 is 0. The second kappa shape index (κ2) is 7.55. The van der Waals surface area contributed by atoms with Crippen molar-refractivity contribution in [2.75, 3.05) is 13.1 Å². The van der Waals surface area contributed by atoms with E-state index in [1.165, 1.54) is 5.56 Å². The lowest BCUT2D eigenvalue weighted by molar-refractivity contribution is -0.123. The smallest absolute Gasteiger partial charge is 0.322 e. The number of aromatic nitrogens is 1. The molecule has 0 unspecified atom stereocenters. The van der Waals surface area contributed by atoms with Crippen LogP contribution >= 0.6 is 0 Å². The average molecular weight is 406 g/mol. The van der Waals surface area contributed by atoms with Crippen molar-refractivity contribution in [2.24, 2.45) is 0 Å². The normalized spacial score (nSPS) is 22.0. The Morgan fingerprint density at radius 2 is 1.80 bits per heavy atom. The summed E-state index contributed by atoms with van der Waals surface area (Å²) in [7, 11) is 0. The molecule has 7 nitrogen and oxygen atoms in total. The Hall–Kier alpha value is -3.22. The molecule has 0 saturated carbocycles. The fraction of sp³-hybridized carbons (Fsp3) is 0.391. The molecule has 7 heteroatoms. The molecule has 30 heavy (non-hydrogen) atoms. The summed E-state index contributed by atoms with van der Waals surface area (Å²) in [5.41, 5.74) is 3.62. The van der Waals surface area contributed by atoms with Crippen LogP contribution in [-0.2, 0) is 10.3 Å². The highest BCUT2D eigenvalue weighted by Crippen LogP contribution is 2.30.